The van der Waals surface area contributed by atoms with Gasteiger partial charge in [-0.2, -0.15) is 0 Å². The smallest absolute Gasteiger partial charge is 0.331 e. The molecule has 2 fully saturated rings. The van der Waals surface area contributed by atoms with Crippen molar-refractivity contribution < 1.29 is 47.7 Å². The Labute approximate surface area is 301 Å². The van der Waals surface area contributed by atoms with Gasteiger partial charge in [-0.1, -0.05) is 83.5 Å². The zero-order valence-electron chi connectivity index (χ0n) is 31.5. The van der Waals surface area contributed by atoms with Crippen molar-refractivity contribution in [1.29, 1.82) is 0 Å². The highest BCUT2D eigenvalue weighted by atomic mass is 16.6. The van der Waals surface area contributed by atoms with Crippen LogP contribution >= 0.6 is 0 Å². The summed E-state index contributed by atoms with van der Waals surface area (Å²) in [5.74, 6) is -4.22. The molecule has 278 valence electrons. The van der Waals surface area contributed by atoms with Crippen molar-refractivity contribution >= 4 is 35.9 Å². The maximum absolute atomic E-state index is 13.5. The standard InChI is InChI=1S/C41H54O10/c1-11-15-23(2)39(46)51-30-20-24(3)34-31(47-26(5)42)21-41(10)22-32(50-33(45)19-18-29-16-13-12-14-17-29)37(48-27(6)43)25(4)35(41)38(49-28(7)44)36(30)40(34,8)9/h12-14,16-19,23,30-32,35-38H,4,11,15,20-22H2,1-3,5-10H3/b19-18+/t23?,30-,31-,32-,35-,36-,37+,38-,41+/m0/s1. The van der Waals surface area contributed by atoms with Gasteiger partial charge in [-0.05, 0) is 59.8 Å². The van der Waals surface area contributed by atoms with E-state index in [4.69, 9.17) is 23.7 Å². The number of carbonyl (C=O) groups is 5. The molecule has 0 aliphatic heterocycles. The summed E-state index contributed by atoms with van der Waals surface area (Å²) in [7, 11) is 0. The lowest BCUT2D eigenvalue weighted by Crippen LogP contribution is -2.62. The predicted octanol–water partition coefficient (Wildman–Crippen LogP) is 7.10. The van der Waals surface area contributed by atoms with Crippen LogP contribution in [-0.4, -0.2) is 60.4 Å². The minimum Gasteiger partial charge on any atom is -0.461 e. The Hall–Kier alpha value is -4.21. The van der Waals surface area contributed by atoms with Crippen molar-refractivity contribution in [3.05, 3.63) is 65.3 Å². The average molecular weight is 707 g/mol. The molecule has 2 bridgehead atoms. The van der Waals surface area contributed by atoms with Gasteiger partial charge in [-0.15, -0.1) is 0 Å². The second-order valence-electron chi connectivity index (χ2n) is 15.3. The molecule has 0 aromatic heterocycles. The summed E-state index contributed by atoms with van der Waals surface area (Å²) in [4.78, 5) is 65.1. The second-order valence-corrected chi connectivity index (χ2v) is 15.3. The maximum atomic E-state index is 13.5. The topological polar surface area (TPSA) is 132 Å². The highest BCUT2D eigenvalue weighted by Gasteiger charge is 2.63. The Morgan fingerprint density at radius 1 is 0.882 bits per heavy atom. The summed E-state index contributed by atoms with van der Waals surface area (Å²) in [6.07, 6.45) is 0.868. The van der Waals surface area contributed by atoms with Crippen LogP contribution in [0.4, 0.5) is 0 Å². The van der Waals surface area contributed by atoms with E-state index in [-0.39, 0.29) is 24.7 Å². The van der Waals surface area contributed by atoms with E-state index in [9.17, 15) is 24.0 Å². The molecule has 4 rings (SSSR count). The number of ether oxygens (including phenoxy) is 5. The average Bonchev–Trinajstić information content (AvgIpc) is 3.00. The highest BCUT2D eigenvalue weighted by Crippen LogP contribution is 2.61. The van der Waals surface area contributed by atoms with Crippen LogP contribution in [0, 0.1) is 28.6 Å². The molecule has 10 heteroatoms. The molecule has 0 heterocycles. The van der Waals surface area contributed by atoms with Crippen molar-refractivity contribution in [2.45, 2.75) is 125 Å². The molecule has 0 saturated heterocycles. The first-order valence-corrected chi connectivity index (χ1v) is 17.9. The summed E-state index contributed by atoms with van der Waals surface area (Å²) >= 11 is 0. The lowest BCUT2D eigenvalue weighted by molar-refractivity contribution is -0.196. The van der Waals surface area contributed by atoms with E-state index < -0.39 is 77.1 Å². The van der Waals surface area contributed by atoms with Crippen molar-refractivity contribution in [3.63, 3.8) is 0 Å². The van der Waals surface area contributed by atoms with Crippen LogP contribution in [0.15, 0.2) is 59.7 Å². The normalized spacial score (nSPS) is 30.6. The molecule has 3 aliphatic carbocycles. The molecule has 1 aromatic carbocycles. The fourth-order valence-electron chi connectivity index (χ4n) is 9.07. The number of fused-ring (bicyclic) bond motifs is 3. The first-order valence-electron chi connectivity index (χ1n) is 17.9. The quantitative estimate of drug-likeness (QED) is 0.107. The van der Waals surface area contributed by atoms with E-state index in [2.05, 4.69) is 6.58 Å². The monoisotopic (exact) mass is 706 g/mol. The molecule has 2 saturated carbocycles. The van der Waals surface area contributed by atoms with Crippen LogP contribution in [-0.2, 0) is 47.7 Å². The molecule has 51 heavy (non-hydrogen) atoms. The Morgan fingerprint density at radius 2 is 1.51 bits per heavy atom. The number of carbonyl (C=O) groups excluding carboxylic acids is 5. The van der Waals surface area contributed by atoms with Crippen molar-refractivity contribution in [3.8, 4) is 0 Å². The third-order valence-corrected chi connectivity index (χ3v) is 10.8. The molecule has 9 atom stereocenters. The van der Waals surface area contributed by atoms with Crippen LogP contribution < -0.4 is 0 Å². The van der Waals surface area contributed by atoms with Gasteiger partial charge in [0.2, 0.25) is 0 Å². The lowest BCUT2D eigenvalue weighted by atomic mass is 9.49. The molecule has 3 aliphatic rings. The Morgan fingerprint density at radius 3 is 2.10 bits per heavy atom. The van der Waals surface area contributed by atoms with Gasteiger partial charge in [-0.25, -0.2) is 4.79 Å². The number of esters is 5. The summed E-state index contributed by atoms with van der Waals surface area (Å²) in [5, 5.41) is 0. The van der Waals surface area contributed by atoms with Gasteiger partial charge in [0.25, 0.3) is 0 Å². The predicted molar refractivity (Wildman–Crippen MR) is 191 cm³/mol. The summed E-state index contributed by atoms with van der Waals surface area (Å²) < 4.78 is 30.6. The Kier molecular flexibility index (Phi) is 12.4. The molecule has 0 N–H and O–H groups in total. The highest BCUT2D eigenvalue weighted by molar-refractivity contribution is 5.87. The lowest BCUT2D eigenvalue weighted by Gasteiger charge is -2.59. The number of hydrogen-bond acceptors (Lipinski definition) is 10. The van der Waals surface area contributed by atoms with Crippen molar-refractivity contribution in [1.82, 2.24) is 0 Å². The Balaban J connectivity index is 1.88. The Bertz CT molecular complexity index is 1570. The van der Waals surface area contributed by atoms with Crippen LogP contribution in [0.3, 0.4) is 0 Å². The zero-order valence-corrected chi connectivity index (χ0v) is 31.5. The molecular weight excluding hydrogens is 652 g/mol. The zero-order chi connectivity index (χ0) is 37.8. The van der Waals surface area contributed by atoms with E-state index in [1.165, 1.54) is 26.8 Å². The van der Waals surface area contributed by atoms with Gasteiger partial charge in [0.1, 0.15) is 24.4 Å². The summed E-state index contributed by atoms with van der Waals surface area (Å²) in [5.41, 5.74) is 1.31. The summed E-state index contributed by atoms with van der Waals surface area (Å²) in [6.45, 7) is 20.2. The maximum Gasteiger partial charge on any atom is 0.331 e. The van der Waals surface area contributed by atoms with E-state index in [1.54, 1.807) is 6.08 Å². The van der Waals surface area contributed by atoms with Crippen LogP contribution in [0.5, 0.6) is 0 Å². The van der Waals surface area contributed by atoms with Gasteiger partial charge >= 0.3 is 29.8 Å². The van der Waals surface area contributed by atoms with E-state index in [0.717, 1.165) is 23.1 Å². The largest absolute Gasteiger partial charge is 0.461 e. The van der Waals surface area contributed by atoms with Gasteiger partial charge in [-0.3, -0.25) is 19.2 Å². The molecule has 10 nitrogen and oxygen atoms in total. The number of hydrogen-bond donors (Lipinski definition) is 0. The molecule has 0 amide bonds. The molecular formula is C41H54O10. The fourth-order valence-corrected chi connectivity index (χ4v) is 9.07. The van der Waals surface area contributed by atoms with Gasteiger partial charge in [0, 0.05) is 45.1 Å². The SMILES string of the molecule is C=C1[C@@H](OC(C)=O)[C@@H](OC(=O)/C=C/c2ccccc2)C[C@@]2(C)C[C@H](OC(C)=O)C3=C(C)C[C@H](OC(=O)C(C)CCC)[C@@H]([C@@H](OC(C)=O)[C@H]12)C3(C)C. The van der Waals surface area contributed by atoms with Crippen molar-refractivity contribution in [2.75, 3.05) is 0 Å². The number of benzene rings is 1. The minimum absolute atomic E-state index is 0.159. The van der Waals surface area contributed by atoms with E-state index in [0.29, 0.717) is 18.4 Å². The fraction of sp³-hybridized carbons (Fsp3) is 0.585. The summed E-state index contributed by atoms with van der Waals surface area (Å²) in [6, 6.07) is 9.28. The third kappa shape index (κ3) is 8.82. The van der Waals surface area contributed by atoms with Gasteiger partial charge in [0.15, 0.2) is 6.10 Å². The van der Waals surface area contributed by atoms with Gasteiger partial charge in [0.05, 0.1) is 5.92 Å². The second kappa shape index (κ2) is 16.0. The van der Waals surface area contributed by atoms with Crippen LogP contribution in [0.1, 0.15) is 100.0 Å². The minimum atomic E-state index is -1.08. The van der Waals surface area contributed by atoms with E-state index in [1.807, 2.05) is 71.9 Å². The van der Waals surface area contributed by atoms with E-state index >= 15 is 0 Å². The van der Waals surface area contributed by atoms with Gasteiger partial charge < -0.3 is 23.7 Å². The third-order valence-electron chi connectivity index (χ3n) is 10.8. The first-order chi connectivity index (χ1) is 23.9. The van der Waals surface area contributed by atoms with Crippen LogP contribution in [0.2, 0.25) is 0 Å². The van der Waals surface area contributed by atoms with Crippen LogP contribution in [0.25, 0.3) is 6.08 Å². The number of rotatable bonds is 10. The first kappa shape index (κ1) is 39.6. The molecule has 0 radical (unpaired) electrons. The molecule has 1 unspecified atom stereocenters. The van der Waals surface area contributed by atoms with Crippen molar-refractivity contribution in [2.24, 2.45) is 28.6 Å². The molecule has 1 aromatic rings. The molecule has 0 spiro atoms.